The van der Waals surface area contributed by atoms with E-state index < -0.39 is 15.5 Å². The molecule has 0 aromatic heterocycles. The smallest absolute Gasteiger partial charge is 0.315 e. The van der Waals surface area contributed by atoms with E-state index in [1.165, 1.54) is 0 Å². The third kappa shape index (κ3) is 7.16. The van der Waals surface area contributed by atoms with Crippen molar-refractivity contribution in [1.82, 2.24) is 10.0 Å². The minimum Gasteiger partial charge on any atom is -0.315 e. The van der Waals surface area contributed by atoms with Crippen molar-refractivity contribution >= 4 is 21.8 Å². The molecule has 0 radical (unpaired) electrons. The Labute approximate surface area is 126 Å². The summed E-state index contributed by atoms with van der Waals surface area (Å²) in [5.74, 6) is 0. The number of hydrogen-bond acceptors (Lipinski definition) is 4. The van der Waals surface area contributed by atoms with Gasteiger partial charge >= 0.3 is 5.51 Å². The van der Waals surface area contributed by atoms with Crippen molar-refractivity contribution in [2.75, 3.05) is 19.6 Å². The maximum absolute atomic E-state index is 12.2. The van der Waals surface area contributed by atoms with E-state index in [9.17, 15) is 21.6 Å². The van der Waals surface area contributed by atoms with Crippen molar-refractivity contribution in [1.29, 1.82) is 0 Å². The highest BCUT2D eigenvalue weighted by molar-refractivity contribution is 8.00. The molecule has 120 valence electrons. The molecule has 1 rings (SSSR count). The van der Waals surface area contributed by atoms with Crippen molar-refractivity contribution < 1.29 is 21.6 Å². The summed E-state index contributed by atoms with van der Waals surface area (Å²) in [6.45, 7) is 3.51. The molecule has 0 saturated carbocycles. The van der Waals surface area contributed by atoms with Gasteiger partial charge in [-0.2, -0.15) is 13.2 Å². The minimum atomic E-state index is -4.39. The van der Waals surface area contributed by atoms with Crippen molar-refractivity contribution in [3.05, 3.63) is 24.3 Å². The van der Waals surface area contributed by atoms with Crippen molar-refractivity contribution in [3.63, 3.8) is 0 Å². The van der Waals surface area contributed by atoms with E-state index in [2.05, 4.69) is 10.0 Å². The van der Waals surface area contributed by atoms with Crippen molar-refractivity contribution in [3.8, 4) is 0 Å². The van der Waals surface area contributed by atoms with Crippen LogP contribution in [0.1, 0.15) is 13.3 Å². The van der Waals surface area contributed by atoms with Gasteiger partial charge in [-0.15, -0.1) is 0 Å². The first-order valence-corrected chi connectivity index (χ1v) is 8.61. The maximum atomic E-state index is 12.2. The van der Waals surface area contributed by atoms with Crippen LogP contribution in [0, 0.1) is 0 Å². The molecule has 0 atom stereocenters. The Kier molecular flexibility index (Phi) is 6.98. The van der Waals surface area contributed by atoms with Crippen molar-refractivity contribution in [2.24, 2.45) is 0 Å². The third-order valence-corrected chi connectivity index (χ3v) is 4.60. The first-order valence-electron chi connectivity index (χ1n) is 6.31. The highest BCUT2D eigenvalue weighted by Gasteiger charge is 2.29. The monoisotopic (exact) mass is 342 g/mol. The first-order chi connectivity index (χ1) is 9.74. The molecule has 4 nitrogen and oxygen atoms in total. The van der Waals surface area contributed by atoms with Gasteiger partial charge in [-0.25, -0.2) is 13.1 Å². The number of alkyl halides is 3. The molecule has 9 heteroatoms. The van der Waals surface area contributed by atoms with E-state index in [0.29, 0.717) is 6.54 Å². The molecule has 0 heterocycles. The van der Waals surface area contributed by atoms with Crippen LogP contribution in [-0.2, 0) is 10.0 Å². The van der Waals surface area contributed by atoms with E-state index in [1.807, 2.05) is 6.92 Å². The Morgan fingerprint density at radius 3 is 2.24 bits per heavy atom. The van der Waals surface area contributed by atoms with Crippen LogP contribution in [0.2, 0.25) is 0 Å². The highest BCUT2D eigenvalue weighted by atomic mass is 32.2. The summed E-state index contributed by atoms with van der Waals surface area (Å²) in [4.78, 5) is -0.101. The second kappa shape index (κ2) is 8.02. The van der Waals surface area contributed by atoms with Crippen LogP contribution >= 0.6 is 11.8 Å². The zero-order chi connectivity index (χ0) is 15.9. The van der Waals surface area contributed by atoms with Gasteiger partial charge in [0.1, 0.15) is 0 Å². The summed E-state index contributed by atoms with van der Waals surface area (Å²) in [6.07, 6.45) is 0.949. The van der Waals surface area contributed by atoms with Crippen molar-refractivity contribution in [2.45, 2.75) is 28.6 Å². The van der Waals surface area contributed by atoms with Gasteiger partial charge in [0.25, 0.3) is 0 Å². The summed E-state index contributed by atoms with van der Waals surface area (Å²) in [5.41, 5.74) is -4.39. The molecule has 1 aromatic rings. The van der Waals surface area contributed by atoms with Gasteiger partial charge < -0.3 is 5.32 Å². The first kappa shape index (κ1) is 18.3. The van der Waals surface area contributed by atoms with E-state index in [4.69, 9.17) is 0 Å². The molecule has 0 aliphatic heterocycles. The van der Waals surface area contributed by atoms with Gasteiger partial charge in [-0.1, -0.05) is 6.92 Å². The van der Waals surface area contributed by atoms with Crippen LogP contribution in [-0.4, -0.2) is 33.6 Å². The molecule has 2 N–H and O–H groups in total. The SMILES string of the molecule is CCCNCCNS(=O)(=O)c1ccc(SC(F)(F)F)cc1. The zero-order valence-corrected chi connectivity index (χ0v) is 13.0. The fourth-order valence-electron chi connectivity index (χ4n) is 1.48. The Bertz CT molecular complexity index is 530. The molecular formula is C12H17F3N2O2S2. The Morgan fingerprint density at radius 2 is 1.71 bits per heavy atom. The Morgan fingerprint density at radius 1 is 1.10 bits per heavy atom. The Hall–Kier alpha value is -0.770. The van der Waals surface area contributed by atoms with E-state index >= 15 is 0 Å². The number of halogens is 3. The topological polar surface area (TPSA) is 58.2 Å². The Balaban J connectivity index is 2.59. The van der Waals surface area contributed by atoms with Crippen LogP contribution in [0.4, 0.5) is 13.2 Å². The number of rotatable bonds is 8. The second-order valence-electron chi connectivity index (χ2n) is 4.17. The zero-order valence-electron chi connectivity index (χ0n) is 11.4. The van der Waals surface area contributed by atoms with Crippen LogP contribution in [0.5, 0.6) is 0 Å². The number of thioether (sulfide) groups is 1. The van der Waals surface area contributed by atoms with Gasteiger partial charge in [0.2, 0.25) is 10.0 Å². The van der Waals surface area contributed by atoms with Gasteiger partial charge in [0.05, 0.1) is 4.90 Å². The average Bonchev–Trinajstić information content (AvgIpc) is 2.37. The standard InChI is InChI=1S/C12H17F3N2O2S2/c1-2-7-16-8-9-17-21(18,19)11-5-3-10(4-6-11)20-12(13,14)15/h3-6,16-17H,2,7-9H2,1H3. The predicted molar refractivity (Wildman–Crippen MR) is 76.7 cm³/mol. The summed E-state index contributed by atoms with van der Waals surface area (Å²) >= 11 is -0.278. The van der Waals surface area contributed by atoms with Crippen LogP contribution in [0.25, 0.3) is 0 Å². The van der Waals surface area contributed by atoms with E-state index in [0.717, 1.165) is 37.2 Å². The normalized spacial score (nSPS) is 12.6. The predicted octanol–water partition coefficient (Wildman–Crippen LogP) is 2.58. The summed E-state index contributed by atoms with van der Waals surface area (Å²) < 4.78 is 62.7. The fourth-order valence-corrected chi connectivity index (χ4v) is 3.05. The van der Waals surface area contributed by atoms with Gasteiger partial charge in [-0.05, 0) is 49.0 Å². The van der Waals surface area contributed by atoms with Crippen LogP contribution in [0.3, 0.4) is 0 Å². The summed E-state index contributed by atoms with van der Waals surface area (Å²) in [5, 5.41) is 3.04. The summed E-state index contributed by atoms with van der Waals surface area (Å²) in [7, 11) is -3.69. The molecule has 0 spiro atoms. The van der Waals surface area contributed by atoms with Gasteiger partial charge in [0.15, 0.2) is 0 Å². The lowest BCUT2D eigenvalue weighted by Gasteiger charge is -2.09. The molecular weight excluding hydrogens is 325 g/mol. The lowest BCUT2D eigenvalue weighted by molar-refractivity contribution is -0.0328. The lowest BCUT2D eigenvalue weighted by Crippen LogP contribution is -2.32. The molecule has 0 amide bonds. The van der Waals surface area contributed by atoms with Gasteiger partial charge in [-0.3, -0.25) is 0 Å². The lowest BCUT2D eigenvalue weighted by atomic mass is 10.4. The molecule has 0 aliphatic rings. The van der Waals surface area contributed by atoms with E-state index in [1.54, 1.807) is 0 Å². The molecule has 0 aliphatic carbocycles. The quantitative estimate of drug-likeness (QED) is 0.563. The van der Waals surface area contributed by atoms with Crippen LogP contribution in [0.15, 0.2) is 34.1 Å². The number of hydrogen-bond donors (Lipinski definition) is 2. The largest absolute Gasteiger partial charge is 0.446 e. The molecule has 1 aromatic carbocycles. The number of sulfonamides is 1. The molecule has 0 fully saturated rings. The molecule has 0 saturated heterocycles. The summed E-state index contributed by atoms with van der Waals surface area (Å²) in [6, 6.07) is 4.61. The van der Waals surface area contributed by atoms with Crippen LogP contribution < -0.4 is 10.0 Å². The highest BCUT2D eigenvalue weighted by Crippen LogP contribution is 2.36. The second-order valence-corrected chi connectivity index (χ2v) is 7.07. The number of nitrogens with one attached hydrogen (secondary N) is 2. The third-order valence-electron chi connectivity index (χ3n) is 2.39. The molecule has 0 unspecified atom stereocenters. The van der Waals surface area contributed by atoms with Gasteiger partial charge in [0, 0.05) is 18.0 Å². The molecule has 21 heavy (non-hydrogen) atoms. The maximum Gasteiger partial charge on any atom is 0.446 e. The average molecular weight is 342 g/mol. The fraction of sp³-hybridized carbons (Fsp3) is 0.500. The number of benzene rings is 1. The van der Waals surface area contributed by atoms with E-state index in [-0.39, 0.29) is 28.1 Å². The molecule has 0 bridgehead atoms. The minimum absolute atomic E-state index is 0.0499.